The molecular formula is C40H24S. The summed E-state index contributed by atoms with van der Waals surface area (Å²) in [6, 6.07) is 53.8. The van der Waals surface area contributed by atoms with Crippen LogP contribution in [0.2, 0.25) is 0 Å². The monoisotopic (exact) mass is 536 g/mol. The van der Waals surface area contributed by atoms with Gasteiger partial charge in [0, 0.05) is 20.2 Å². The van der Waals surface area contributed by atoms with E-state index in [2.05, 4.69) is 146 Å². The lowest BCUT2D eigenvalue weighted by Gasteiger charge is -2.14. The molecule has 9 rings (SSSR count). The summed E-state index contributed by atoms with van der Waals surface area (Å²) in [6.07, 6.45) is 0. The molecule has 9 aromatic rings. The molecule has 0 fully saturated rings. The first-order chi connectivity index (χ1) is 20.3. The number of thiophene rings is 1. The van der Waals surface area contributed by atoms with Crippen molar-refractivity contribution in [1.29, 1.82) is 0 Å². The predicted octanol–water partition coefficient (Wildman–Crippen LogP) is 12.0. The molecule has 1 heteroatoms. The molecule has 1 aromatic heterocycles. The fourth-order valence-electron chi connectivity index (χ4n) is 6.60. The fraction of sp³-hybridized carbons (Fsp3) is 0. The third kappa shape index (κ3) is 3.53. The smallest absolute Gasteiger partial charge is 0.0355 e. The minimum absolute atomic E-state index is 1.24. The van der Waals surface area contributed by atoms with Crippen molar-refractivity contribution in [3.05, 3.63) is 146 Å². The fourth-order valence-corrected chi connectivity index (χ4v) is 7.66. The summed E-state index contributed by atoms with van der Waals surface area (Å²) in [5.74, 6) is 0. The zero-order chi connectivity index (χ0) is 26.9. The van der Waals surface area contributed by atoms with Crippen LogP contribution in [-0.4, -0.2) is 0 Å². The molecular weight excluding hydrogens is 513 g/mol. The van der Waals surface area contributed by atoms with Crippen LogP contribution in [0.1, 0.15) is 0 Å². The molecule has 190 valence electrons. The van der Waals surface area contributed by atoms with Gasteiger partial charge < -0.3 is 0 Å². The Balaban J connectivity index is 1.19. The maximum atomic E-state index is 2.41. The Hall–Kier alpha value is -4.98. The van der Waals surface area contributed by atoms with Gasteiger partial charge in [-0.15, -0.1) is 11.3 Å². The molecule has 0 spiro atoms. The van der Waals surface area contributed by atoms with E-state index in [0.717, 1.165) is 0 Å². The molecule has 0 saturated heterocycles. The van der Waals surface area contributed by atoms with Crippen molar-refractivity contribution >= 4 is 63.8 Å². The van der Waals surface area contributed by atoms with Gasteiger partial charge in [0.25, 0.3) is 0 Å². The lowest BCUT2D eigenvalue weighted by atomic mass is 9.89. The number of hydrogen-bond acceptors (Lipinski definition) is 1. The Morgan fingerprint density at radius 3 is 1.59 bits per heavy atom. The molecule has 41 heavy (non-hydrogen) atoms. The number of benzene rings is 8. The predicted molar refractivity (Wildman–Crippen MR) is 179 cm³/mol. The van der Waals surface area contributed by atoms with Crippen LogP contribution in [0.15, 0.2) is 146 Å². The van der Waals surface area contributed by atoms with E-state index >= 15 is 0 Å². The van der Waals surface area contributed by atoms with Crippen molar-refractivity contribution in [2.24, 2.45) is 0 Å². The van der Waals surface area contributed by atoms with Gasteiger partial charge >= 0.3 is 0 Å². The highest BCUT2D eigenvalue weighted by Gasteiger charge is 2.14. The highest BCUT2D eigenvalue weighted by atomic mass is 32.1. The molecule has 0 bridgehead atoms. The van der Waals surface area contributed by atoms with E-state index < -0.39 is 0 Å². The molecule has 0 aliphatic heterocycles. The summed E-state index contributed by atoms with van der Waals surface area (Å²) < 4.78 is 2.66. The number of rotatable bonds is 3. The van der Waals surface area contributed by atoms with Crippen molar-refractivity contribution in [1.82, 2.24) is 0 Å². The molecule has 0 radical (unpaired) electrons. The molecule has 8 aromatic carbocycles. The maximum absolute atomic E-state index is 2.41. The first kappa shape index (κ1) is 22.8. The normalized spacial score (nSPS) is 11.9. The van der Waals surface area contributed by atoms with Gasteiger partial charge in [-0.05, 0) is 90.0 Å². The molecule has 0 saturated carbocycles. The first-order valence-electron chi connectivity index (χ1n) is 14.1. The van der Waals surface area contributed by atoms with Crippen LogP contribution in [0.5, 0.6) is 0 Å². The quantitative estimate of drug-likeness (QED) is 0.197. The maximum Gasteiger partial charge on any atom is 0.0355 e. The van der Waals surface area contributed by atoms with Gasteiger partial charge in [-0.25, -0.2) is 0 Å². The van der Waals surface area contributed by atoms with Crippen LogP contribution in [-0.2, 0) is 0 Å². The summed E-state index contributed by atoms with van der Waals surface area (Å²) >= 11 is 1.88. The third-order valence-electron chi connectivity index (χ3n) is 8.63. The van der Waals surface area contributed by atoms with E-state index in [1.54, 1.807) is 0 Å². The average molecular weight is 537 g/mol. The van der Waals surface area contributed by atoms with E-state index in [0.29, 0.717) is 0 Å². The lowest BCUT2D eigenvalue weighted by molar-refractivity contribution is 1.60. The summed E-state index contributed by atoms with van der Waals surface area (Å²) in [4.78, 5) is 0. The second kappa shape index (κ2) is 8.76. The summed E-state index contributed by atoms with van der Waals surface area (Å²) in [6.45, 7) is 0. The van der Waals surface area contributed by atoms with Crippen LogP contribution in [0.3, 0.4) is 0 Å². The number of hydrogen-bond donors (Lipinski definition) is 0. The first-order valence-corrected chi connectivity index (χ1v) is 14.9. The Kier molecular flexibility index (Phi) is 4.87. The summed E-state index contributed by atoms with van der Waals surface area (Å²) in [7, 11) is 0. The van der Waals surface area contributed by atoms with E-state index in [-0.39, 0.29) is 0 Å². The van der Waals surface area contributed by atoms with E-state index in [4.69, 9.17) is 0 Å². The zero-order valence-electron chi connectivity index (χ0n) is 22.3. The van der Waals surface area contributed by atoms with Crippen LogP contribution in [0.25, 0.3) is 85.9 Å². The van der Waals surface area contributed by atoms with Crippen molar-refractivity contribution in [3.63, 3.8) is 0 Å². The number of fused-ring (bicyclic) bond motifs is 3. The van der Waals surface area contributed by atoms with Gasteiger partial charge in [0.1, 0.15) is 0 Å². The van der Waals surface area contributed by atoms with E-state index in [9.17, 15) is 0 Å². The highest BCUT2D eigenvalue weighted by Crippen LogP contribution is 2.42. The van der Waals surface area contributed by atoms with Crippen molar-refractivity contribution in [2.75, 3.05) is 0 Å². The molecule has 0 atom stereocenters. The molecule has 0 N–H and O–H groups in total. The zero-order valence-corrected chi connectivity index (χ0v) is 23.1. The van der Waals surface area contributed by atoms with Crippen LogP contribution in [0, 0.1) is 0 Å². The second-order valence-corrected chi connectivity index (χ2v) is 12.0. The topological polar surface area (TPSA) is 0 Å². The van der Waals surface area contributed by atoms with Gasteiger partial charge in [0.2, 0.25) is 0 Å². The average Bonchev–Trinajstić information content (AvgIpc) is 3.41. The Morgan fingerprint density at radius 2 is 0.854 bits per heavy atom. The van der Waals surface area contributed by atoms with Gasteiger partial charge in [0.05, 0.1) is 0 Å². The molecule has 0 unspecified atom stereocenters. The van der Waals surface area contributed by atoms with Crippen molar-refractivity contribution < 1.29 is 0 Å². The summed E-state index contributed by atoms with van der Waals surface area (Å²) in [5, 5.41) is 10.6. The standard InChI is InChI=1S/C40H24S/c1-2-5-25(6-3-1)26-9-11-27(12-10-26)31-17-21-37-35(23-31)36-24-32(18-22-38(36)41-37)33-19-15-30-14-13-28-7-4-8-29-16-20-34(33)40(30)39(28)29/h1-24H. The molecule has 0 amide bonds. The Labute approximate surface area is 242 Å². The Morgan fingerprint density at radius 1 is 0.317 bits per heavy atom. The molecule has 1 heterocycles. The molecule has 0 aliphatic carbocycles. The Bertz CT molecular complexity index is 2380. The minimum atomic E-state index is 1.24. The largest absolute Gasteiger partial charge is 0.135 e. The van der Waals surface area contributed by atoms with Crippen LogP contribution < -0.4 is 0 Å². The molecule has 0 nitrogen and oxygen atoms in total. The van der Waals surface area contributed by atoms with E-state index in [1.165, 1.54) is 85.9 Å². The van der Waals surface area contributed by atoms with Crippen LogP contribution in [0.4, 0.5) is 0 Å². The highest BCUT2D eigenvalue weighted by molar-refractivity contribution is 7.25. The summed E-state index contributed by atoms with van der Waals surface area (Å²) in [5.41, 5.74) is 7.56. The van der Waals surface area contributed by atoms with Gasteiger partial charge in [-0.3, -0.25) is 0 Å². The van der Waals surface area contributed by atoms with Gasteiger partial charge in [-0.2, -0.15) is 0 Å². The molecule has 0 aliphatic rings. The third-order valence-corrected chi connectivity index (χ3v) is 9.79. The van der Waals surface area contributed by atoms with Crippen LogP contribution >= 0.6 is 11.3 Å². The van der Waals surface area contributed by atoms with E-state index in [1.807, 2.05) is 11.3 Å². The lowest BCUT2D eigenvalue weighted by Crippen LogP contribution is -1.87. The SMILES string of the molecule is c1ccc(-c2ccc(-c3ccc4sc5ccc(-c6ccc7ccc8cccc9ccc6c7c89)cc5c4c3)cc2)cc1. The minimum Gasteiger partial charge on any atom is -0.135 e. The van der Waals surface area contributed by atoms with Crippen molar-refractivity contribution in [3.8, 4) is 33.4 Å². The van der Waals surface area contributed by atoms with Crippen molar-refractivity contribution in [2.45, 2.75) is 0 Å². The van der Waals surface area contributed by atoms with Gasteiger partial charge in [0.15, 0.2) is 0 Å². The van der Waals surface area contributed by atoms with Gasteiger partial charge in [-0.1, -0.05) is 121 Å². The second-order valence-electron chi connectivity index (χ2n) is 10.9.